The summed E-state index contributed by atoms with van der Waals surface area (Å²) >= 11 is 3.05. The van der Waals surface area contributed by atoms with Crippen molar-refractivity contribution in [1.29, 1.82) is 0 Å². The van der Waals surface area contributed by atoms with Gasteiger partial charge >= 0.3 is 5.97 Å². The molecule has 20 heavy (non-hydrogen) atoms. The molecule has 104 valence electrons. The zero-order chi connectivity index (χ0) is 14.4. The predicted octanol–water partition coefficient (Wildman–Crippen LogP) is 3.76. The number of carboxylic acids is 1. The second-order valence-corrected chi connectivity index (χ2v) is 5.91. The molecule has 0 saturated carbocycles. The molecule has 2 aromatic rings. The van der Waals surface area contributed by atoms with Gasteiger partial charge in [0.05, 0.1) is 0 Å². The Bertz CT molecular complexity index is 567. The second-order valence-electron chi connectivity index (χ2n) is 4.07. The van der Waals surface area contributed by atoms with Crippen molar-refractivity contribution in [2.45, 2.75) is 9.79 Å². The van der Waals surface area contributed by atoms with Crippen molar-refractivity contribution in [1.82, 2.24) is 4.72 Å². The molecule has 2 N–H and O–H groups in total. The van der Waals surface area contributed by atoms with Crippen molar-refractivity contribution < 1.29 is 9.90 Å². The predicted molar refractivity (Wildman–Crippen MR) is 85.2 cm³/mol. The number of nitrogens with one attached hydrogen (secondary N) is 1. The fourth-order valence-corrected chi connectivity index (χ4v) is 2.72. The van der Waals surface area contributed by atoms with E-state index in [1.54, 1.807) is 11.8 Å². The number of carboxylic acid groups (broad SMARTS) is 1. The number of aliphatic carboxylic acids is 1. The van der Waals surface area contributed by atoms with Crippen molar-refractivity contribution in [3.05, 3.63) is 48.5 Å². The van der Waals surface area contributed by atoms with Gasteiger partial charge in [0.25, 0.3) is 0 Å². The first-order valence-corrected chi connectivity index (χ1v) is 8.09. The number of hydrogen-bond donors (Lipinski definition) is 2. The summed E-state index contributed by atoms with van der Waals surface area (Å²) in [7, 11) is 0. The molecule has 0 atom stereocenters. The number of benzene rings is 2. The summed E-state index contributed by atoms with van der Waals surface area (Å²) in [6, 6.07) is 16.5. The summed E-state index contributed by atoms with van der Waals surface area (Å²) in [5.41, 5.74) is 2.33. The van der Waals surface area contributed by atoms with Crippen LogP contribution in [0.15, 0.2) is 58.3 Å². The van der Waals surface area contributed by atoms with E-state index in [-0.39, 0.29) is 6.54 Å². The SMILES string of the molecule is CSc1ccc(-c2ccc(SNCC(=O)O)cc2)cc1. The maximum atomic E-state index is 10.4. The summed E-state index contributed by atoms with van der Waals surface area (Å²) < 4.78 is 2.79. The molecule has 0 saturated heterocycles. The van der Waals surface area contributed by atoms with Crippen molar-refractivity contribution in [3.8, 4) is 11.1 Å². The van der Waals surface area contributed by atoms with Gasteiger partial charge in [0.1, 0.15) is 6.54 Å². The lowest BCUT2D eigenvalue weighted by atomic mass is 10.1. The Labute approximate surface area is 126 Å². The van der Waals surface area contributed by atoms with Crippen LogP contribution in [-0.4, -0.2) is 23.9 Å². The van der Waals surface area contributed by atoms with E-state index in [0.717, 1.165) is 10.5 Å². The topological polar surface area (TPSA) is 49.3 Å². The first kappa shape index (κ1) is 15.0. The minimum Gasteiger partial charge on any atom is -0.480 e. The van der Waals surface area contributed by atoms with Crippen LogP contribution in [0.25, 0.3) is 11.1 Å². The van der Waals surface area contributed by atoms with E-state index >= 15 is 0 Å². The van der Waals surface area contributed by atoms with Gasteiger partial charge in [-0.3, -0.25) is 4.79 Å². The van der Waals surface area contributed by atoms with Gasteiger partial charge in [-0.2, -0.15) is 0 Å². The first-order chi connectivity index (χ1) is 9.69. The average molecular weight is 305 g/mol. The molecule has 3 nitrogen and oxygen atoms in total. The Balaban J connectivity index is 2.01. The second kappa shape index (κ2) is 7.38. The molecule has 0 aliphatic carbocycles. The van der Waals surface area contributed by atoms with Crippen molar-refractivity contribution in [3.63, 3.8) is 0 Å². The van der Waals surface area contributed by atoms with E-state index in [0.29, 0.717) is 0 Å². The third-order valence-electron chi connectivity index (χ3n) is 2.69. The number of hydrogen-bond acceptors (Lipinski definition) is 4. The zero-order valence-electron chi connectivity index (χ0n) is 11.0. The Hall–Kier alpha value is -1.43. The molecule has 5 heteroatoms. The normalized spacial score (nSPS) is 10.4. The molecular formula is C15H15NO2S2. The highest BCUT2D eigenvalue weighted by Gasteiger charge is 2.00. The Morgan fingerprint density at radius 1 is 1.00 bits per heavy atom. The van der Waals surface area contributed by atoms with Gasteiger partial charge in [0.2, 0.25) is 0 Å². The molecule has 0 amide bonds. The Morgan fingerprint density at radius 3 is 1.95 bits per heavy atom. The minimum absolute atomic E-state index is 0.0530. The summed E-state index contributed by atoms with van der Waals surface area (Å²) in [5.74, 6) is -0.858. The van der Waals surface area contributed by atoms with Gasteiger partial charge in [-0.05, 0) is 53.6 Å². The van der Waals surface area contributed by atoms with Crippen LogP contribution in [0.1, 0.15) is 0 Å². The molecule has 0 spiro atoms. The van der Waals surface area contributed by atoms with Crippen LogP contribution in [0.4, 0.5) is 0 Å². The van der Waals surface area contributed by atoms with Crippen LogP contribution in [0.5, 0.6) is 0 Å². The first-order valence-electron chi connectivity index (χ1n) is 6.05. The largest absolute Gasteiger partial charge is 0.480 e. The molecule has 0 fully saturated rings. The maximum Gasteiger partial charge on any atom is 0.318 e. The fourth-order valence-electron chi connectivity index (χ4n) is 1.68. The van der Waals surface area contributed by atoms with Crippen LogP contribution >= 0.6 is 23.7 Å². The molecule has 2 aromatic carbocycles. The standard InChI is InChI=1S/C15H15NO2S2/c1-19-13-6-2-11(3-7-13)12-4-8-14(9-5-12)20-16-10-15(17)18/h2-9,16H,10H2,1H3,(H,17,18). The highest BCUT2D eigenvalue weighted by molar-refractivity contribution is 7.98. The molecule has 0 radical (unpaired) electrons. The van der Waals surface area contributed by atoms with E-state index in [9.17, 15) is 4.79 Å². The van der Waals surface area contributed by atoms with Gasteiger partial charge in [0, 0.05) is 9.79 Å². The zero-order valence-corrected chi connectivity index (χ0v) is 12.6. The lowest BCUT2D eigenvalue weighted by molar-refractivity contribution is -0.135. The average Bonchev–Trinajstić information content (AvgIpc) is 2.48. The van der Waals surface area contributed by atoms with E-state index in [1.807, 2.05) is 24.3 Å². The van der Waals surface area contributed by atoms with Gasteiger partial charge in [0.15, 0.2) is 0 Å². The summed E-state index contributed by atoms with van der Waals surface area (Å²) in [6.07, 6.45) is 2.06. The lowest BCUT2D eigenvalue weighted by Crippen LogP contribution is -2.15. The van der Waals surface area contributed by atoms with Gasteiger partial charge in [-0.1, -0.05) is 24.3 Å². The molecular weight excluding hydrogens is 290 g/mol. The van der Waals surface area contributed by atoms with Gasteiger partial charge in [-0.15, -0.1) is 11.8 Å². The highest BCUT2D eigenvalue weighted by atomic mass is 32.2. The van der Waals surface area contributed by atoms with Crippen LogP contribution in [-0.2, 0) is 4.79 Å². The maximum absolute atomic E-state index is 10.4. The van der Waals surface area contributed by atoms with Crippen LogP contribution in [0.3, 0.4) is 0 Å². The van der Waals surface area contributed by atoms with Crippen molar-refractivity contribution in [2.75, 3.05) is 12.8 Å². The number of rotatable bonds is 6. The van der Waals surface area contributed by atoms with Crippen molar-refractivity contribution in [2.24, 2.45) is 0 Å². The monoisotopic (exact) mass is 305 g/mol. The lowest BCUT2D eigenvalue weighted by Gasteiger charge is -2.05. The summed E-state index contributed by atoms with van der Waals surface area (Å²) in [4.78, 5) is 12.6. The highest BCUT2D eigenvalue weighted by Crippen LogP contribution is 2.25. The Kier molecular flexibility index (Phi) is 5.52. The minimum atomic E-state index is -0.858. The van der Waals surface area contributed by atoms with E-state index < -0.39 is 5.97 Å². The van der Waals surface area contributed by atoms with E-state index in [1.165, 1.54) is 22.4 Å². The smallest absolute Gasteiger partial charge is 0.318 e. The summed E-state index contributed by atoms with van der Waals surface area (Å²) in [5, 5.41) is 8.55. The van der Waals surface area contributed by atoms with Crippen molar-refractivity contribution >= 4 is 29.7 Å². The van der Waals surface area contributed by atoms with Crippen LogP contribution < -0.4 is 4.72 Å². The van der Waals surface area contributed by atoms with Gasteiger partial charge in [-0.25, -0.2) is 4.72 Å². The number of carbonyl (C=O) groups is 1. The molecule has 0 heterocycles. The molecule has 0 bridgehead atoms. The molecule has 0 unspecified atom stereocenters. The van der Waals surface area contributed by atoms with Crippen LogP contribution in [0, 0.1) is 0 Å². The fraction of sp³-hybridized carbons (Fsp3) is 0.133. The molecule has 0 aromatic heterocycles. The van der Waals surface area contributed by atoms with E-state index in [2.05, 4.69) is 35.2 Å². The number of thioether (sulfide) groups is 1. The van der Waals surface area contributed by atoms with Crippen LogP contribution in [0.2, 0.25) is 0 Å². The Morgan fingerprint density at radius 2 is 1.50 bits per heavy atom. The molecule has 0 aliphatic rings. The molecule has 2 rings (SSSR count). The van der Waals surface area contributed by atoms with E-state index in [4.69, 9.17) is 5.11 Å². The third-order valence-corrected chi connectivity index (χ3v) is 4.23. The summed E-state index contributed by atoms with van der Waals surface area (Å²) in [6.45, 7) is -0.0530. The molecule has 0 aliphatic heterocycles. The quantitative estimate of drug-likeness (QED) is 0.628. The third kappa shape index (κ3) is 4.30. The van der Waals surface area contributed by atoms with Gasteiger partial charge < -0.3 is 5.11 Å².